The fraction of sp³-hybridized carbons (Fsp3) is 0.400. The Morgan fingerprint density at radius 3 is 2.30 bits per heavy atom. The molecule has 43 heavy (non-hydrogen) atoms. The normalized spacial score (nSPS) is 20.0. The third-order valence-corrected chi connectivity index (χ3v) is 9.40. The Morgan fingerprint density at radius 1 is 0.953 bits per heavy atom. The second-order valence-electron chi connectivity index (χ2n) is 11.9. The molecule has 2 unspecified atom stereocenters. The van der Waals surface area contributed by atoms with Gasteiger partial charge in [0.15, 0.2) is 11.5 Å². The maximum Gasteiger partial charge on any atom is 0.260 e. The van der Waals surface area contributed by atoms with Gasteiger partial charge in [-0.15, -0.1) is 0 Å². The lowest BCUT2D eigenvalue weighted by Gasteiger charge is -2.43. The van der Waals surface area contributed by atoms with Crippen molar-refractivity contribution in [3.8, 4) is 11.5 Å². The summed E-state index contributed by atoms with van der Waals surface area (Å²) in [6.45, 7) is 1.21. The van der Waals surface area contributed by atoms with Crippen molar-refractivity contribution in [3.05, 3.63) is 94.3 Å². The van der Waals surface area contributed by atoms with E-state index >= 15 is 0 Å². The zero-order chi connectivity index (χ0) is 29.8. The Labute approximate surface area is 252 Å². The summed E-state index contributed by atoms with van der Waals surface area (Å²) in [4.78, 5) is 37.3. The molecule has 1 saturated heterocycles. The highest BCUT2D eigenvalue weighted by atomic mass is 16.5. The number of hydrogen-bond donors (Lipinski definition) is 2. The largest absolute Gasteiger partial charge is 0.493 e. The number of fused-ring (bicyclic) bond motifs is 1. The number of nitrogens with zero attached hydrogens (tertiary/aromatic N) is 2. The highest BCUT2D eigenvalue weighted by molar-refractivity contribution is 5.84. The third kappa shape index (κ3) is 5.96. The van der Waals surface area contributed by atoms with Gasteiger partial charge in [-0.2, -0.15) is 0 Å². The van der Waals surface area contributed by atoms with Crippen LogP contribution in [-0.4, -0.2) is 49.2 Å². The number of piperidine rings is 1. The third-order valence-electron chi connectivity index (χ3n) is 9.40. The van der Waals surface area contributed by atoms with E-state index in [2.05, 4.69) is 51.6 Å². The summed E-state index contributed by atoms with van der Waals surface area (Å²) in [6, 6.07) is 24.4. The van der Waals surface area contributed by atoms with Crippen LogP contribution in [0, 0.1) is 5.41 Å². The maximum absolute atomic E-state index is 14.3. The highest BCUT2D eigenvalue weighted by Gasteiger charge is 2.43. The number of methoxy groups -OCH3 is 2. The van der Waals surface area contributed by atoms with Gasteiger partial charge in [0.1, 0.15) is 0 Å². The number of aromatic nitrogens is 2. The molecule has 2 atom stereocenters. The van der Waals surface area contributed by atoms with Crippen molar-refractivity contribution in [2.75, 3.05) is 32.2 Å². The van der Waals surface area contributed by atoms with Crippen LogP contribution in [0.2, 0.25) is 0 Å². The number of anilines is 1. The number of carbonyl (C=O) groups is 1. The molecule has 0 spiro atoms. The van der Waals surface area contributed by atoms with E-state index in [4.69, 9.17) is 14.5 Å². The fourth-order valence-electron chi connectivity index (χ4n) is 6.94. The Kier molecular flexibility index (Phi) is 8.36. The zero-order valence-corrected chi connectivity index (χ0v) is 25.0. The highest BCUT2D eigenvalue weighted by Crippen LogP contribution is 2.39. The van der Waals surface area contributed by atoms with Crippen LogP contribution in [0.4, 0.5) is 5.95 Å². The minimum absolute atomic E-state index is 0.125. The van der Waals surface area contributed by atoms with Gasteiger partial charge in [0, 0.05) is 31.1 Å². The van der Waals surface area contributed by atoms with Crippen LogP contribution >= 0.6 is 0 Å². The molecule has 1 amide bonds. The summed E-state index contributed by atoms with van der Waals surface area (Å²) < 4.78 is 10.8. The Balaban J connectivity index is 1.25. The van der Waals surface area contributed by atoms with Crippen molar-refractivity contribution >= 4 is 22.8 Å². The van der Waals surface area contributed by atoms with E-state index in [1.165, 1.54) is 12.0 Å². The number of aromatic amines is 1. The first kappa shape index (κ1) is 28.8. The first-order valence-electron chi connectivity index (χ1n) is 15.3. The fourth-order valence-corrected chi connectivity index (χ4v) is 6.94. The molecular formula is C35H40N4O4. The van der Waals surface area contributed by atoms with Crippen molar-refractivity contribution in [1.82, 2.24) is 15.3 Å². The number of H-pyrrole nitrogens is 1. The Hall–Kier alpha value is -4.33. The smallest absolute Gasteiger partial charge is 0.260 e. The average molecular weight is 581 g/mol. The van der Waals surface area contributed by atoms with Crippen LogP contribution in [0.5, 0.6) is 11.5 Å². The molecule has 8 heteroatoms. The minimum Gasteiger partial charge on any atom is -0.493 e. The summed E-state index contributed by atoms with van der Waals surface area (Å²) in [6.07, 6.45) is 6.39. The number of amides is 1. The van der Waals surface area contributed by atoms with Gasteiger partial charge >= 0.3 is 0 Å². The summed E-state index contributed by atoms with van der Waals surface area (Å²) in [5.74, 6) is 1.98. The van der Waals surface area contributed by atoms with Crippen molar-refractivity contribution in [3.63, 3.8) is 0 Å². The molecule has 0 bridgehead atoms. The predicted molar refractivity (Wildman–Crippen MR) is 169 cm³/mol. The van der Waals surface area contributed by atoms with Crippen LogP contribution in [0.15, 0.2) is 77.6 Å². The Morgan fingerprint density at radius 2 is 1.60 bits per heavy atom. The number of carbonyl (C=O) groups excluding carboxylic acids is 1. The van der Waals surface area contributed by atoms with Crippen LogP contribution < -0.4 is 25.2 Å². The number of nitrogens with one attached hydrogen (secondary N) is 2. The van der Waals surface area contributed by atoms with Crippen molar-refractivity contribution < 1.29 is 14.3 Å². The topological polar surface area (TPSA) is 96.5 Å². The molecule has 4 aromatic rings. The summed E-state index contributed by atoms with van der Waals surface area (Å²) in [7, 11) is 3.11. The zero-order valence-electron chi connectivity index (χ0n) is 25.0. The molecular weight excluding hydrogens is 540 g/mol. The summed E-state index contributed by atoms with van der Waals surface area (Å²) >= 11 is 0. The number of rotatable bonds is 8. The van der Waals surface area contributed by atoms with Crippen molar-refractivity contribution in [1.29, 1.82) is 0 Å². The summed E-state index contributed by atoms with van der Waals surface area (Å²) in [5, 5.41) is 3.99. The monoisotopic (exact) mass is 580 g/mol. The van der Waals surface area contributed by atoms with Gasteiger partial charge in [0.25, 0.3) is 5.56 Å². The number of ether oxygens (including phenoxy) is 2. The van der Waals surface area contributed by atoms with E-state index in [1.54, 1.807) is 26.4 Å². The molecule has 1 aliphatic carbocycles. The second-order valence-corrected chi connectivity index (χ2v) is 11.9. The molecule has 8 nitrogen and oxygen atoms in total. The maximum atomic E-state index is 14.3. The Bertz CT molecular complexity index is 1610. The molecule has 2 N–H and O–H groups in total. The van der Waals surface area contributed by atoms with E-state index in [9.17, 15) is 9.59 Å². The van der Waals surface area contributed by atoms with E-state index in [-0.39, 0.29) is 17.5 Å². The van der Waals surface area contributed by atoms with E-state index in [0.717, 1.165) is 24.8 Å². The molecule has 6 rings (SSSR count). The van der Waals surface area contributed by atoms with Gasteiger partial charge in [0.2, 0.25) is 11.9 Å². The van der Waals surface area contributed by atoms with Crippen LogP contribution in [0.1, 0.15) is 55.6 Å². The minimum atomic E-state index is -0.551. The van der Waals surface area contributed by atoms with Crippen LogP contribution in [-0.2, 0) is 11.2 Å². The van der Waals surface area contributed by atoms with E-state index in [1.807, 2.05) is 24.3 Å². The molecule has 2 heterocycles. The molecule has 3 aromatic carbocycles. The second kappa shape index (κ2) is 12.5. The van der Waals surface area contributed by atoms with Crippen molar-refractivity contribution in [2.24, 2.45) is 5.41 Å². The average Bonchev–Trinajstić information content (AvgIpc) is 3.05. The standard InChI is InChI=1S/C35H40N4O4/c1-42-30-21-27-29(22-31(30)43-2)37-34(38-32(27)40)39-19-17-35(18-20-39,23-24-11-5-3-6-12-24)33(41)36-28-16-10-9-15-26(28)25-13-7-4-8-14-25/h3-8,11-14,21-22,26,28H,9-10,15-20,23H2,1-2H3,(H,36,41)(H,37,38,40). The molecule has 224 valence electrons. The lowest BCUT2D eigenvalue weighted by molar-refractivity contribution is -0.133. The quantitative estimate of drug-likeness (QED) is 0.281. The predicted octanol–water partition coefficient (Wildman–Crippen LogP) is 5.61. The lowest BCUT2D eigenvalue weighted by Crippen LogP contribution is -2.54. The van der Waals surface area contributed by atoms with E-state index < -0.39 is 5.41 Å². The van der Waals surface area contributed by atoms with Gasteiger partial charge in [-0.1, -0.05) is 73.5 Å². The lowest BCUT2D eigenvalue weighted by atomic mass is 9.72. The van der Waals surface area contributed by atoms with E-state index in [0.29, 0.717) is 66.6 Å². The van der Waals surface area contributed by atoms with Crippen molar-refractivity contribution in [2.45, 2.75) is 56.9 Å². The van der Waals surface area contributed by atoms with Crippen LogP contribution in [0.3, 0.4) is 0 Å². The molecule has 1 aromatic heterocycles. The molecule has 0 radical (unpaired) electrons. The van der Waals surface area contributed by atoms with Gasteiger partial charge in [0.05, 0.1) is 30.5 Å². The first-order valence-corrected chi connectivity index (χ1v) is 15.3. The molecule has 2 fully saturated rings. The first-order chi connectivity index (χ1) is 21.0. The van der Waals surface area contributed by atoms with Crippen LogP contribution in [0.25, 0.3) is 10.9 Å². The van der Waals surface area contributed by atoms with Gasteiger partial charge in [-0.25, -0.2) is 4.98 Å². The molecule has 1 aliphatic heterocycles. The number of hydrogen-bond acceptors (Lipinski definition) is 6. The summed E-state index contributed by atoms with van der Waals surface area (Å²) in [5.41, 5.74) is 2.22. The molecule has 2 aliphatic rings. The molecule has 1 saturated carbocycles. The van der Waals surface area contributed by atoms with Gasteiger partial charge in [-0.3, -0.25) is 14.6 Å². The number of benzene rings is 3. The SMILES string of the molecule is COc1cc2nc(N3CCC(Cc4ccccc4)(C(=O)NC4CCCCC4c4ccccc4)CC3)[nH]c(=O)c2cc1OC. The van der Waals surface area contributed by atoms with Gasteiger partial charge in [-0.05, 0) is 49.3 Å². The van der Waals surface area contributed by atoms with Gasteiger partial charge < -0.3 is 19.7 Å².